The predicted octanol–water partition coefficient (Wildman–Crippen LogP) is 16.3. The topological polar surface area (TPSA) is 307 Å². The average Bonchev–Trinajstić information content (AvgIpc) is 0.781. The molecule has 12 N–H and O–H groups in total. The fourth-order valence-corrected chi connectivity index (χ4v) is 13.6. The van der Waals surface area contributed by atoms with Gasteiger partial charge in [-0.25, -0.2) is 0 Å². The number of rotatable bonds is 68. The first kappa shape index (κ1) is 102. The van der Waals surface area contributed by atoms with Crippen molar-refractivity contribution in [2.75, 3.05) is 26.4 Å². The third-order valence-corrected chi connectivity index (χ3v) is 20.5. The highest BCUT2D eigenvalue weighted by molar-refractivity contribution is 5.76. The lowest BCUT2D eigenvalue weighted by atomic mass is 9.96. The highest BCUT2D eigenvalue weighted by Gasteiger charge is 2.54. The number of nitrogens with one attached hydrogen (secondary N) is 1. The summed E-state index contributed by atoms with van der Waals surface area (Å²) in [5.74, 6) is -0.298. The van der Waals surface area contributed by atoms with E-state index in [0.717, 1.165) is 122 Å². The summed E-state index contributed by atoms with van der Waals surface area (Å²) in [6, 6.07) is -1.01. The third-order valence-electron chi connectivity index (χ3n) is 20.5. The minimum Gasteiger partial charge on any atom is -0.394 e. The Bertz CT molecular complexity index is 2640. The zero-order valence-corrected chi connectivity index (χ0v) is 68.8. The molecule has 3 aliphatic rings. The zero-order valence-electron chi connectivity index (χ0n) is 68.8. The van der Waals surface area contributed by atoms with Crippen LogP contribution in [0, 0.1) is 0 Å². The highest BCUT2D eigenvalue weighted by Crippen LogP contribution is 2.33. The molecule has 0 aromatic rings. The van der Waals surface area contributed by atoms with Crippen molar-refractivity contribution in [2.24, 2.45) is 0 Å². The summed E-state index contributed by atoms with van der Waals surface area (Å²) in [6.45, 7) is 1.60. The van der Waals surface area contributed by atoms with Gasteiger partial charge >= 0.3 is 0 Å². The van der Waals surface area contributed by atoms with Gasteiger partial charge in [0.25, 0.3) is 0 Å². The summed E-state index contributed by atoms with van der Waals surface area (Å²) in [7, 11) is 0. The molecule has 3 fully saturated rings. The predicted molar refractivity (Wildman–Crippen MR) is 452 cm³/mol. The molecule has 0 spiro atoms. The first-order chi connectivity index (χ1) is 54.8. The molecule has 0 aliphatic carbocycles. The lowest BCUT2D eigenvalue weighted by Crippen LogP contribution is -2.66. The van der Waals surface area contributed by atoms with E-state index in [2.05, 4.69) is 165 Å². The number of allylic oxidation sites excluding steroid dienone is 25. The fraction of sp³-hybridized carbons (Fsp3) is 0.710. The molecule has 3 heterocycles. The molecule has 640 valence electrons. The van der Waals surface area contributed by atoms with Gasteiger partial charge in [-0.2, -0.15) is 0 Å². The van der Waals surface area contributed by atoms with Crippen LogP contribution in [0.3, 0.4) is 0 Å². The molecule has 0 bridgehead atoms. The Morgan fingerprint density at radius 1 is 0.330 bits per heavy atom. The molecule has 19 heteroatoms. The molecule has 0 aromatic heterocycles. The summed E-state index contributed by atoms with van der Waals surface area (Å²) < 4.78 is 34.5. The molecule has 0 saturated carbocycles. The minimum absolute atomic E-state index is 0.217. The monoisotopic (exact) mass is 1570 g/mol. The Kier molecular flexibility index (Phi) is 64.0. The molecule has 0 aromatic carbocycles. The van der Waals surface area contributed by atoms with Crippen LogP contribution in [0.15, 0.2) is 158 Å². The van der Waals surface area contributed by atoms with Gasteiger partial charge in [0, 0.05) is 6.42 Å². The first-order valence-corrected chi connectivity index (χ1v) is 43.7. The lowest BCUT2D eigenvalue weighted by molar-refractivity contribution is -0.379. The minimum atomic E-state index is -1.99. The van der Waals surface area contributed by atoms with Crippen LogP contribution in [0.25, 0.3) is 0 Å². The number of ether oxygens (including phenoxy) is 6. The van der Waals surface area contributed by atoms with E-state index in [0.29, 0.717) is 12.8 Å². The average molecular weight is 1580 g/mol. The number of carbonyl (C=O) groups is 1. The van der Waals surface area contributed by atoms with Crippen LogP contribution >= 0.6 is 0 Å². The quantitative estimate of drug-likeness (QED) is 0.0199. The second-order valence-electron chi connectivity index (χ2n) is 30.2. The Labute approximate surface area is 675 Å². The van der Waals surface area contributed by atoms with E-state index < -0.39 is 124 Å². The van der Waals surface area contributed by atoms with Gasteiger partial charge in [0.1, 0.15) is 73.2 Å². The van der Waals surface area contributed by atoms with Crippen LogP contribution in [0.5, 0.6) is 0 Å². The van der Waals surface area contributed by atoms with Gasteiger partial charge < -0.3 is 89.9 Å². The van der Waals surface area contributed by atoms with Gasteiger partial charge in [-0.05, 0) is 122 Å². The van der Waals surface area contributed by atoms with E-state index in [4.69, 9.17) is 28.4 Å². The number of aliphatic hydroxyl groups is 11. The Hall–Kier alpha value is -4.59. The molecule has 3 aliphatic heterocycles. The van der Waals surface area contributed by atoms with Crippen molar-refractivity contribution < 1.29 is 89.4 Å². The summed E-state index contributed by atoms with van der Waals surface area (Å²) in [4.78, 5) is 13.5. The standard InChI is InChI=1S/C93H155NO18/c1-3-5-7-9-11-13-15-17-19-21-23-25-27-29-31-32-33-34-35-36-37-38-39-40-41-42-43-44-45-47-49-51-53-55-57-59-61-63-65-67-69-71-81(99)94-76(77(98)70-68-66-64-62-60-58-56-54-52-50-48-46-30-28-26-24-22-20-18-16-14-12-10-8-6-4-2)75-107-91-87(105)84(102)89(79(73-96)109-91)112-93-88(106)85(103)90(80(74-97)110-93)111-92-86(104)83(101)82(100)78(72-95)108-92/h5,7,11,13,17,19,23,25,29,31,33-34,36-37,39-40,42-43,45,47,52,54,60,62,68,70,76-80,82-93,95-98,100-106H,3-4,6,8-10,12,14-16,18,20-22,24,26-28,30,32,35,38,41,44,46,48-51,53,55-59,61,63-67,69,71-75H2,1-2H3,(H,94,99)/b7-5-,13-11-,19-17-,25-23-,31-29-,34-33-,37-36-,40-39-,43-42-,47-45-,54-52+,62-60+,70-68+. The maximum absolute atomic E-state index is 13.5. The van der Waals surface area contributed by atoms with E-state index in [1.54, 1.807) is 6.08 Å². The second-order valence-corrected chi connectivity index (χ2v) is 30.2. The van der Waals surface area contributed by atoms with E-state index in [-0.39, 0.29) is 18.9 Å². The molecule has 3 saturated heterocycles. The molecular formula is C93H155NO18. The van der Waals surface area contributed by atoms with Crippen molar-refractivity contribution in [1.82, 2.24) is 5.32 Å². The number of unbranched alkanes of at least 4 members (excludes halogenated alkanes) is 28. The molecular weight excluding hydrogens is 1420 g/mol. The zero-order chi connectivity index (χ0) is 81.0. The van der Waals surface area contributed by atoms with Crippen molar-refractivity contribution in [2.45, 2.75) is 394 Å². The molecule has 17 unspecified atom stereocenters. The van der Waals surface area contributed by atoms with Gasteiger partial charge in [0.15, 0.2) is 18.9 Å². The SMILES string of the molecule is CC/C=C\C/C=C\C/C=C\C/C=C\C/C=C\C/C=C\C/C=C\C/C=C\C/C=C\C/C=C\CCCCCCCCCCCCC(=O)NC(COC1OC(CO)C(OC2OC(CO)C(OC3OC(CO)C(O)C(O)C3O)C(O)C2O)C(O)C1O)C(O)/C=C/CC/C=C/CC/C=C/CCCCCCCCCCCCCCCCCC. The Balaban J connectivity index is 1.35. The van der Waals surface area contributed by atoms with Crippen molar-refractivity contribution in [3.8, 4) is 0 Å². The Morgan fingerprint density at radius 2 is 0.625 bits per heavy atom. The maximum atomic E-state index is 13.5. The number of hydrogen-bond donors (Lipinski definition) is 12. The number of aliphatic hydroxyl groups excluding tert-OH is 11. The van der Waals surface area contributed by atoms with E-state index in [9.17, 15) is 61.0 Å². The van der Waals surface area contributed by atoms with Crippen LogP contribution in [-0.2, 0) is 33.2 Å². The van der Waals surface area contributed by atoms with Crippen LogP contribution in [0.1, 0.15) is 290 Å². The highest BCUT2D eigenvalue weighted by atomic mass is 16.8. The van der Waals surface area contributed by atoms with Crippen LogP contribution in [-0.4, -0.2) is 193 Å². The first-order valence-electron chi connectivity index (χ1n) is 43.7. The second kappa shape index (κ2) is 70.6. The van der Waals surface area contributed by atoms with Crippen LogP contribution < -0.4 is 5.32 Å². The normalized spacial score (nSPS) is 25.7. The van der Waals surface area contributed by atoms with Gasteiger partial charge in [-0.15, -0.1) is 0 Å². The van der Waals surface area contributed by atoms with Crippen LogP contribution in [0.2, 0.25) is 0 Å². The number of hydrogen-bond acceptors (Lipinski definition) is 18. The molecule has 17 atom stereocenters. The van der Waals surface area contributed by atoms with E-state index in [1.807, 2.05) is 6.08 Å². The van der Waals surface area contributed by atoms with Gasteiger partial charge in [-0.1, -0.05) is 320 Å². The van der Waals surface area contributed by atoms with Crippen molar-refractivity contribution in [3.63, 3.8) is 0 Å². The summed E-state index contributed by atoms with van der Waals surface area (Å²) >= 11 is 0. The molecule has 3 rings (SSSR count). The molecule has 19 nitrogen and oxygen atoms in total. The smallest absolute Gasteiger partial charge is 0.220 e. The fourth-order valence-electron chi connectivity index (χ4n) is 13.6. The van der Waals surface area contributed by atoms with E-state index in [1.165, 1.54) is 135 Å². The van der Waals surface area contributed by atoms with Crippen molar-refractivity contribution in [1.29, 1.82) is 0 Å². The van der Waals surface area contributed by atoms with Gasteiger partial charge in [0.05, 0.1) is 38.6 Å². The largest absolute Gasteiger partial charge is 0.394 e. The molecule has 0 radical (unpaired) electrons. The number of carbonyl (C=O) groups excluding carboxylic acids is 1. The van der Waals surface area contributed by atoms with Crippen molar-refractivity contribution >= 4 is 5.91 Å². The summed E-state index contributed by atoms with van der Waals surface area (Å²) in [5, 5.41) is 121. The number of amides is 1. The molecule has 112 heavy (non-hydrogen) atoms. The summed E-state index contributed by atoms with van der Waals surface area (Å²) in [6.07, 6.45) is 78.0. The molecule has 1 amide bonds. The maximum Gasteiger partial charge on any atom is 0.220 e. The van der Waals surface area contributed by atoms with Crippen LogP contribution in [0.4, 0.5) is 0 Å². The Morgan fingerprint density at radius 3 is 1.00 bits per heavy atom. The lowest BCUT2D eigenvalue weighted by Gasteiger charge is -2.48. The van der Waals surface area contributed by atoms with Gasteiger partial charge in [-0.3, -0.25) is 4.79 Å². The van der Waals surface area contributed by atoms with Crippen molar-refractivity contribution in [3.05, 3.63) is 158 Å². The van der Waals surface area contributed by atoms with E-state index >= 15 is 0 Å². The summed E-state index contributed by atoms with van der Waals surface area (Å²) in [5.41, 5.74) is 0. The third kappa shape index (κ3) is 48.8. The van der Waals surface area contributed by atoms with Gasteiger partial charge in [0.2, 0.25) is 5.91 Å².